The Hall–Kier alpha value is -1.02. The van der Waals surface area contributed by atoms with E-state index in [1.54, 1.807) is 0 Å². The summed E-state index contributed by atoms with van der Waals surface area (Å²) in [7, 11) is 2.18. The van der Waals surface area contributed by atoms with Crippen molar-refractivity contribution in [3.05, 3.63) is 29.8 Å². The van der Waals surface area contributed by atoms with Gasteiger partial charge in [0.1, 0.15) is 0 Å². The molecule has 1 aromatic carbocycles. The maximum atomic E-state index is 6.00. The number of aryl methyl sites for hydroxylation is 1. The predicted octanol–water partition coefficient (Wildman–Crippen LogP) is 4.90. The van der Waals surface area contributed by atoms with Gasteiger partial charge in [0, 0.05) is 25.3 Å². The van der Waals surface area contributed by atoms with Crippen molar-refractivity contribution in [2.45, 2.75) is 71.3 Å². The molecule has 0 fully saturated rings. The van der Waals surface area contributed by atoms with Crippen molar-refractivity contribution in [3.63, 3.8) is 0 Å². The summed E-state index contributed by atoms with van der Waals surface area (Å²) in [5, 5.41) is 0. The van der Waals surface area contributed by atoms with Gasteiger partial charge in [0.2, 0.25) is 0 Å². The summed E-state index contributed by atoms with van der Waals surface area (Å²) in [6.45, 7) is 5.18. The number of hydrogen-bond donors (Lipinski definition) is 1. The zero-order valence-electron chi connectivity index (χ0n) is 14.3. The van der Waals surface area contributed by atoms with Crippen molar-refractivity contribution in [2.75, 3.05) is 18.5 Å². The summed E-state index contributed by atoms with van der Waals surface area (Å²) in [6, 6.07) is 9.04. The lowest BCUT2D eigenvalue weighted by atomic mass is 10.0. The van der Waals surface area contributed by atoms with E-state index >= 15 is 0 Å². The van der Waals surface area contributed by atoms with Crippen LogP contribution in [0.15, 0.2) is 24.3 Å². The van der Waals surface area contributed by atoms with E-state index in [0.29, 0.717) is 6.04 Å². The molecular formula is C19H34N2. The number of para-hydroxylation sites is 1. The average molecular weight is 290 g/mol. The highest BCUT2D eigenvalue weighted by atomic mass is 15.1. The Morgan fingerprint density at radius 1 is 1.00 bits per heavy atom. The molecule has 0 saturated carbocycles. The van der Waals surface area contributed by atoms with Gasteiger partial charge in [-0.15, -0.1) is 0 Å². The fourth-order valence-electron chi connectivity index (χ4n) is 2.96. The average Bonchev–Trinajstić information content (AvgIpc) is 2.50. The van der Waals surface area contributed by atoms with Gasteiger partial charge in [0.15, 0.2) is 0 Å². The van der Waals surface area contributed by atoms with E-state index in [2.05, 4.69) is 50.1 Å². The number of benzene rings is 1. The Morgan fingerprint density at radius 2 is 1.62 bits per heavy atom. The van der Waals surface area contributed by atoms with E-state index in [0.717, 1.165) is 6.54 Å². The molecule has 21 heavy (non-hydrogen) atoms. The quantitative estimate of drug-likeness (QED) is 0.587. The fraction of sp³-hybridized carbons (Fsp3) is 0.684. The van der Waals surface area contributed by atoms with E-state index in [9.17, 15) is 0 Å². The molecule has 1 rings (SSSR count). The monoisotopic (exact) mass is 290 g/mol. The van der Waals surface area contributed by atoms with Crippen LogP contribution < -0.4 is 10.6 Å². The molecule has 1 aromatic rings. The van der Waals surface area contributed by atoms with Crippen molar-refractivity contribution in [3.8, 4) is 0 Å². The number of anilines is 1. The summed E-state index contributed by atoms with van der Waals surface area (Å²) in [6.07, 6.45) is 10.7. The van der Waals surface area contributed by atoms with Gasteiger partial charge in [-0.05, 0) is 25.0 Å². The van der Waals surface area contributed by atoms with E-state index in [1.807, 2.05) is 0 Å². The van der Waals surface area contributed by atoms with Crippen LogP contribution in [-0.2, 0) is 0 Å². The van der Waals surface area contributed by atoms with Crippen LogP contribution in [-0.4, -0.2) is 19.6 Å². The van der Waals surface area contributed by atoms with Crippen LogP contribution in [0.3, 0.4) is 0 Å². The molecule has 2 N–H and O–H groups in total. The van der Waals surface area contributed by atoms with Crippen LogP contribution in [0.2, 0.25) is 0 Å². The number of unbranched alkanes of at least 4 members (excludes halogenated alkanes) is 6. The fourth-order valence-corrected chi connectivity index (χ4v) is 2.96. The van der Waals surface area contributed by atoms with Crippen LogP contribution in [0.5, 0.6) is 0 Å². The second kappa shape index (κ2) is 10.7. The third-order valence-corrected chi connectivity index (χ3v) is 4.46. The van der Waals surface area contributed by atoms with Crippen molar-refractivity contribution in [1.29, 1.82) is 0 Å². The molecule has 2 nitrogen and oxygen atoms in total. The number of rotatable bonds is 11. The molecule has 0 bridgehead atoms. The largest absolute Gasteiger partial charge is 0.370 e. The summed E-state index contributed by atoms with van der Waals surface area (Å²) < 4.78 is 0. The van der Waals surface area contributed by atoms with Crippen LogP contribution in [0, 0.1) is 6.92 Å². The van der Waals surface area contributed by atoms with E-state index < -0.39 is 0 Å². The SMILES string of the molecule is CCCCCCCCCC(CN)N(C)c1ccccc1C. The first-order valence-corrected chi connectivity index (χ1v) is 8.69. The lowest BCUT2D eigenvalue weighted by Gasteiger charge is -2.30. The minimum atomic E-state index is 0.460. The van der Waals surface area contributed by atoms with E-state index in [-0.39, 0.29) is 0 Å². The first-order chi connectivity index (χ1) is 10.2. The molecule has 0 heterocycles. The first-order valence-electron chi connectivity index (χ1n) is 8.69. The zero-order valence-corrected chi connectivity index (χ0v) is 14.3. The predicted molar refractivity (Wildman–Crippen MR) is 95.0 cm³/mol. The Balaban J connectivity index is 2.32. The first kappa shape index (κ1) is 18.0. The number of nitrogens with two attached hydrogens (primary N) is 1. The van der Waals surface area contributed by atoms with Crippen molar-refractivity contribution < 1.29 is 0 Å². The Morgan fingerprint density at radius 3 is 2.24 bits per heavy atom. The normalized spacial score (nSPS) is 12.4. The summed E-state index contributed by atoms with van der Waals surface area (Å²) >= 11 is 0. The lowest BCUT2D eigenvalue weighted by molar-refractivity contribution is 0.520. The highest BCUT2D eigenvalue weighted by molar-refractivity contribution is 5.53. The molecule has 120 valence electrons. The highest BCUT2D eigenvalue weighted by Gasteiger charge is 2.14. The number of likely N-dealkylation sites (N-methyl/N-ethyl adjacent to an activating group) is 1. The number of nitrogens with zero attached hydrogens (tertiary/aromatic N) is 1. The van der Waals surface area contributed by atoms with E-state index in [4.69, 9.17) is 5.73 Å². The minimum Gasteiger partial charge on any atom is -0.370 e. The molecule has 0 aromatic heterocycles. The topological polar surface area (TPSA) is 29.3 Å². The van der Waals surface area contributed by atoms with Gasteiger partial charge in [-0.1, -0.05) is 70.1 Å². The van der Waals surface area contributed by atoms with Crippen molar-refractivity contribution in [1.82, 2.24) is 0 Å². The molecule has 1 atom stereocenters. The van der Waals surface area contributed by atoms with E-state index in [1.165, 1.54) is 62.6 Å². The zero-order chi connectivity index (χ0) is 15.5. The lowest BCUT2D eigenvalue weighted by Crippen LogP contribution is -2.38. The van der Waals surface area contributed by atoms with Crippen molar-refractivity contribution in [2.24, 2.45) is 5.73 Å². The highest BCUT2D eigenvalue weighted by Crippen LogP contribution is 2.22. The van der Waals surface area contributed by atoms with Gasteiger partial charge in [-0.25, -0.2) is 0 Å². The third kappa shape index (κ3) is 6.52. The molecule has 0 saturated heterocycles. The van der Waals surface area contributed by atoms with Gasteiger partial charge in [-0.2, -0.15) is 0 Å². The molecule has 0 aliphatic carbocycles. The Labute approximate surface area is 131 Å². The third-order valence-electron chi connectivity index (χ3n) is 4.46. The molecule has 0 amide bonds. The van der Waals surface area contributed by atoms with Crippen molar-refractivity contribution >= 4 is 5.69 Å². The number of hydrogen-bond acceptors (Lipinski definition) is 2. The van der Waals surface area contributed by atoms with Gasteiger partial charge < -0.3 is 10.6 Å². The van der Waals surface area contributed by atoms with Crippen LogP contribution >= 0.6 is 0 Å². The molecule has 0 spiro atoms. The van der Waals surface area contributed by atoms with Gasteiger partial charge >= 0.3 is 0 Å². The maximum Gasteiger partial charge on any atom is 0.0409 e. The smallest absolute Gasteiger partial charge is 0.0409 e. The summed E-state index contributed by atoms with van der Waals surface area (Å²) in [5.41, 5.74) is 8.65. The standard InChI is InChI=1S/C19H34N2/c1-4-5-6-7-8-9-10-14-18(16-20)21(3)19-15-12-11-13-17(19)2/h11-13,15,18H,4-10,14,16,20H2,1-3H3. The molecule has 0 aliphatic rings. The van der Waals surface area contributed by atoms with Crippen LogP contribution in [0.1, 0.15) is 63.9 Å². The van der Waals surface area contributed by atoms with Gasteiger partial charge in [0.05, 0.1) is 0 Å². The minimum absolute atomic E-state index is 0.460. The maximum absolute atomic E-state index is 6.00. The van der Waals surface area contributed by atoms with Gasteiger partial charge in [-0.3, -0.25) is 0 Å². The molecule has 0 radical (unpaired) electrons. The second-order valence-electron chi connectivity index (χ2n) is 6.20. The van der Waals surface area contributed by atoms with Gasteiger partial charge in [0.25, 0.3) is 0 Å². The molecule has 0 aliphatic heterocycles. The molecule has 1 unspecified atom stereocenters. The second-order valence-corrected chi connectivity index (χ2v) is 6.20. The Kier molecular flexibility index (Phi) is 9.16. The summed E-state index contributed by atoms with van der Waals surface area (Å²) in [4.78, 5) is 2.37. The van der Waals surface area contributed by atoms with Crippen LogP contribution in [0.4, 0.5) is 5.69 Å². The molecule has 2 heteroatoms. The summed E-state index contributed by atoms with van der Waals surface area (Å²) in [5.74, 6) is 0. The Bertz CT molecular complexity index is 376. The van der Waals surface area contributed by atoms with Crippen LogP contribution in [0.25, 0.3) is 0 Å². The molecular weight excluding hydrogens is 256 g/mol.